The number of carbonyl (C=O) groups is 1. The molecule has 1 aliphatic heterocycles. The second kappa shape index (κ2) is 12.2. The molecule has 2 atom stereocenters. The Kier molecular flexibility index (Phi) is 8.75. The lowest BCUT2D eigenvalue weighted by atomic mass is 9.82. The SMILES string of the molecule is COc1cccc([C@H]2OC(c3ccc(OCCCO)cc3)=N[C@@]2(Cc2ccccc2)C(=O)NCC(F)(F)F)c1. The van der Waals surface area contributed by atoms with Crippen molar-refractivity contribution in [1.82, 2.24) is 5.32 Å². The van der Waals surface area contributed by atoms with Gasteiger partial charge in [-0.25, -0.2) is 4.99 Å². The minimum Gasteiger partial charge on any atom is -0.497 e. The van der Waals surface area contributed by atoms with E-state index >= 15 is 0 Å². The highest BCUT2D eigenvalue weighted by atomic mass is 19.4. The first kappa shape index (κ1) is 28.0. The Morgan fingerprint density at radius 3 is 2.46 bits per heavy atom. The van der Waals surface area contributed by atoms with Gasteiger partial charge in [-0.2, -0.15) is 13.2 Å². The van der Waals surface area contributed by atoms with Crippen LogP contribution in [0.2, 0.25) is 0 Å². The fourth-order valence-electron chi connectivity index (χ4n) is 4.33. The van der Waals surface area contributed by atoms with Crippen molar-refractivity contribution in [2.24, 2.45) is 4.99 Å². The molecule has 0 bridgehead atoms. The molecule has 0 fully saturated rings. The van der Waals surface area contributed by atoms with Gasteiger partial charge < -0.3 is 24.6 Å². The largest absolute Gasteiger partial charge is 0.497 e. The van der Waals surface area contributed by atoms with Gasteiger partial charge in [0.25, 0.3) is 5.91 Å². The number of methoxy groups -OCH3 is 1. The molecule has 0 saturated carbocycles. The average molecular weight is 543 g/mol. The van der Waals surface area contributed by atoms with Crippen LogP contribution in [-0.4, -0.2) is 55.5 Å². The van der Waals surface area contributed by atoms with Crippen LogP contribution in [0.15, 0.2) is 83.9 Å². The first-order valence-corrected chi connectivity index (χ1v) is 12.4. The lowest BCUT2D eigenvalue weighted by molar-refractivity contribution is -0.143. The van der Waals surface area contributed by atoms with E-state index < -0.39 is 30.3 Å². The zero-order valence-electron chi connectivity index (χ0n) is 21.3. The highest BCUT2D eigenvalue weighted by Crippen LogP contribution is 2.43. The van der Waals surface area contributed by atoms with Crippen LogP contribution in [0.25, 0.3) is 0 Å². The van der Waals surface area contributed by atoms with Crippen molar-refractivity contribution in [2.45, 2.75) is 30.7 Å². The van der Waals surface area contributed by atoms with Crippen LogP contribution in [0.5, 0.6) is 11.5 Å². The summed E-state index contributed by atoms with van der Waals surface area (Å²) in [4.78, 5) is 18.4. The Hall–Kier alpha value is -4.05. The van der Waals surface area contributed by atoms with Crippen molar-refractivity contribution < 1.29 is 37.3 Å². The maximum absolute atomic E-state index is 13.7. The molecule has 10 heteroatoms. The van der Waals surface area contributed by atoms with Gasteiger partial charge in [-0.15, -0.1) is 0 Å². The summed E-state index contributed by atoms with van der Waals surface area (Å²) in [6.07, 6.45) is -5.18. The fourth-order valence-corrected chi connectivity index (χ4v) is 4.33. The molecular weight excluding hydrogens is 513 g/mol. The topological polar surface area (TPSA) is 89.4 Å². The van der Waals surface area contributed by atoms with E-state index in [1.54, 1.807) is 72.8 Å². The first-order valence-electron chi connectivity index (χ1n) is 12.4. The van der Waals surface area contributed by atoms with Crippen LogP contribution in [0.3, 0.4) is 0 Å². The lowest BCUT2D eigenvalue weighted by Gasteiger charge is -2.31. The van der Waals surface area contributed by atoms with E-state index in [4.69, 9.17) is 24.3 Å². The van der Waals surface area contributed by atoms with E-state index in [0.29, 0.717) is 41.2 Å². The highest BCUT2D eigenvalue weighted by molar-refractivity contribution is 6.01. The number of aliphatic hydroxyl groups excluding tert-OH is 1. The third kappa shape index (κ3) is 6.88. The molecule has 0 unspecified atom stereocenters. The number of aliphatic imine (C=N–C) groups is 1. The van der Waals surface area contributed by atoms with Crippen LogP contribution in [0.1, 0.15) is 29.2 Å². The van der Waals surface area contributed by atoms with E-state index in [1.165, 1.54) is 7.11 Å². The lowest BCUT2D eigenvalue weighted by Crippen LogP contribution is -2.51. The Morgan fingerprint density at radius 1 is 1.05 bits per heavy atom. The van der Waals surface area contributed by atoms with Gasteiger partial charge in [-0.05, 0) is 47.5 Å². The summed E-state index contributed by atoms with van der Waals surface area (Å²) in [6.45, 7) is -1.16. The third-order valence-corrected chi connectivity index (χ3v) is 6.19. The molecule has 2 N–H and O–H groups in total. The molecule has 1 amide bonds. The average Bonchev–Trinajstić information content (AvgIpc) is 3.33. The quantitative estimate of drug-likeness (QED) is 0.345. The van der Waals surface area contributed by atoms with Crippen molar-refractivity contribution in [3.05, 3.63) is 95.6 Å². The molecule has 0 spiro atoms. The Bertz CT molecular complexity index is 1280. The van der Waals surface area contributed by atoms with Crippen LogP contribution < -0.4 is 14.8 Å². The zero-order chi connectivity index (χ0) is 27.9. The van der Waals surface area contributed by atoms with Gasteiger partial charge in [0.2, 0.25) is 5.90 Å². The van der Waals surface area contributed by atoms with Gasteiger partial charge in [-0.3, -0.25) is 4.79 Å². The third-order valence-electron chi connectivity index (χ3n) is 6.19. The summed E-state index contributed by atoms with van der Waals surface area (Å²) < 4.78 is 56.6. The van der Waals surface area contributed by atoms with E-state index in [9.17, 15) is 18.0 Å². The standard InChI is InChI=1S/C29H29F3N2O5/c1-37-24-10-5-9-22(17-24)25-28(18-20-7-3-2-4-8-20,27(36)33-19-29(30,31)32)34-26(39-25)21-11-13-23(14-12-21)38-16-6-15-35/h2-5,7-14,17,25,35H,6,15-16,18-19H2,1H3,(H,33,36)/t25-,28-/m1/s1. The molecule has 7 nitrogen and oxygen atoms in total. The summed E-state index contributed by atoms with van der Waals surface area (Å²) >= 11 is 0. The number of amides is 1. The molecule has 39 heavy (non-hydrogen) atoms. The smallest absolute Gasteiger partial charge is 0.405 e. The molecule has 3 aromatic rings. The number of rotatable bonds is 11. The molecule has 0 aromatic heterocycles. The minimum absolute atomic E-state index is 0.00822. The van der Waals surface area contributed by atoms with E-state index in [1.807, 2.05) is 11.4 Å². The molecule has 3 aromatic carbocycles. The van der Waals surface area contributed by atoms with E-state index in [0.717, 1.165) is 0 Å². The van der Waals surface area contributed by atoms with Crippen molar-refractivity contribution >= 4 is 11.8 Å². The van der Waals surface area contributed by atoms with Crippen LogP contribution in [-0.2, 0) is 16.0 Å². The number of aliphatic hydroxyl groups is 1. The second-order valence-corrected chi connectivity index (χ2v) is 9.03. The van der Waals surface area contributed by atoms with Gasteiger partial charge >= 0.3 is 6.18 Å². The summed E-state index contributed by atoms with van der Waals surface area (Å²) in [5.41, 5.74) is 0.00447. The van der Waals surface area contributed by atoms with Crippen molar-refractivity contribution in [1.29, 1.82) is 0 Å². The van der Waals surface area contributed by atoms with Crippen LogP contribution >= 0.6 is 0 Å². The summed E-state index contributed by atoms with van der Waals surface area (Å²) in [6, 6.07) is 22.6. The number of benzene rings is 3. The molecule has 1 aliphatic rings. The van der Waals surface area contributed by atoms with Crippen molar-refractivity contribution in [2.75, 3.05) is 26.9 Å². The molecule has 4 rings (SSSR count). The number of nitrogens with zero attached hydrogens (tertiary/aromatic N) is 1. The highest BCUT2D eigenvalue weighted by Gasteiger charge is 2.54. The number of halogens is 3. The Morgan fingerprint density at radius 2 is 1.79 bits per heavy atom. The van der Waals surface area contributed by atoms with Gasteiger partial charge in [-0.1, -0.05) is 42.5 Å². The number of hydrogen-bond donors (Lipinski definition) is 2. The van der Waals surface area contributed by atoms with Crippen LogP contribution in [0.4, 0.5) is 13.2 Å². The minimum atomic E-state index is -4.60. The van der Waals surface area contributed by atoms with Gasteiger partial charge in [0, 0.05) is 25.0 Å². The number of nitrogens with one attached hydrogen (secondary N) is 1. The monoisotopic (exact) mass is 542 g/mol. The molecule has 206 valence electrons. The normalized spacial score (nSPS) is 18.7. The number of alkyl halides is 3. The van der Waals surface area contributed by atoms with Crippen molar-refractivity contribution in [3.8, 4) is 11.5 Å². The summed E-state index contributed by atoms with van der Waals surface area (Å²) in [5.74, 6) is 0.269. The van der Waals surface area contributed by atoms with Crippen LogP contribution in [0, 0.1) is 0 Å². The second-order valence-electron chi connectivity index (χ2n) is 9.03. The number of carbonyl (C=O) groups excluding carboxylic acids is 1. The van der Waals surface area contributed by atoms with Gasteiger partial charge in [0.05, 0.1) is 13.7 Å². The molecule has 0 aliphatic carbocycles. The Labute approximate surface area is 224 Å². The first-order chi connectivity index (χ1) is 18.7. The summed E-state index contributed by atoms with van der Waals surface area (Å²) in [7, 11) is 1.49. The maximum Gasteiger partial charge on any atom is 0.405 e. The zero-order valence-corrected chi connectivity index (χ0v) is 21.3. The molecule has 0 radical (unpaired) electrons. The predicted octanol–water partition coefficient (Wildman–Crippen LogP) is 4.63. The summed E-state index contributed by atoms with van der Waals surface area (Å²) in [5, 5.41) is 11.0. The molecular formula is C29H29F3N2O5. The number of hydrogen-bond acceptors (Lipinski definition) is 6. The molecule has 1 heterocycles. The van der Waals surface area contributed by atoms with Gasteiger partial charge in [0.1, 0.15) is 18.0 Å². The van der Waals surface area contributed by atoms with Gasteiger partial charge in [0.15, 0.2) is 11.6 Å². The molecule has 0 saturated heterocycles. The fraction of sp³-hybridized carbons (Fsp3) is 0.310. The number of ether oxygens (including phenoxy) is 3. The van der Waals surface area contributed by atoms with E-state index in [-0.39, 0.29) is 18.9 Å². The van der Waals surface area contributed by atoms with Crippen molar-refractivity contribution in [3.63, 3.8) is 0 Å². The predicted molar refractivity (Wildman–Crippen MR) is 139 cm³/mol. The maximum atomic E-state index is 13.7. The Balaban J connectivity index is 1.78. The van der Waals surface area contributed by atoms with E-state index in [2.05, 4.69) is 0 Å².